The van der Waals surface area contributed by atoms with Crippen LogP contribution in [0.2, 0.25) is 0 Å². The van der Waals surface area contributed by atoms with E-state index < -0.39 is 5.97 Å². The van der Waals surface area contributed by atoms with Crippen molar-refractivity contribution in [2.45, 2.75) is 60.3 Å². The van der Waals surface area contributed by atoms with E-state index in [4.69, 9.17) is 9.78 Å². The van der Waals surface area contributed by atoms with Crippen molar-refractivity contribution in [3.8, 4) is 0 Å². The van der Waals surface area contributed by atoms with Crippen LogP contribution in [0.25, 0.3) is 0 Å². The molecule has 1 atom stereocenters. The number of unbranched alkanes of at least 4 members (excludes halogenated alkanes) is 1. The molecule has 117 valence electrons. The molecule has 0 heterocycles. The van der Waals surface area contributed by atoms with E-state index >= 15 is 0 Å². The molecule has 0 bridgehead atoms. The quantitative estimate of drug-likeness (QED) is 0.495. The van der Waals surface area contributed by atoms with Gasteiger partial charge < -0.3 is 0 Å². The Morgan fingerprint density at radius 2 is 1.81 bits per heavy atom. The van der Waals surface area contributed by atoms with Crippen molar-refractivity contribution in [3.63, 3.8) is 0 Å². The fourth-order valence-corrected chi connectivity index (χ4v) is 2.53. The van der Waals surface area contributed by atoms with Gasteiger partial charge in [-0.25, -0.2) is 4.79 Å². The lowest BCUT2D eigenvalue weighted by Crippen LogP contribution is -2.11. The predicted molar refractivity (Wildman–Crippen MR) is 84.8 cm³/mol. The summed E-state index contributed by atoms with van der Waals surface area (Å²) in [6.45, 7) is 11.8. The van der Waals surface area contributed by atoms with Crippen molar-refractivity contribution in [1.82, 2.24) is 0 Å². The molecular formula is C18H27O3. The molecule has 21 heavy (non-hydrogen) atoms. The highest BCUT2D eigenvalue weighted by molar-refractivity contribution is 5.92. The third-order valence-electron chi connectivity index (χ3n) is 3.71. The number of aryl methyl sites for hydroxylation is 3. The second-order valence-electron chi connectivity index (χ2n) is 5.69. The van der Waals surface area contributed by atoms with Gasteiger partial charge in [0, 0.05) is 0 Å². The summed E-state index contributed by atoms with van der Waals surface area (Å²) in [5, 5.41) is 0. The monoisotopic (exact) mass is 291 g/mol. The Bertz CT molecular complexity index is 443. The lowest BCUT2D eigenvalue weighted by molar-refractivity contribution is -0.219. The van der Waals surface area contributed by atoms with Crippen molar-refractivity contribution in [2.75, 3.05) is 0 Å². The molecule has 0 saturated heterocycles. The zero-order chi connectivity index (χ0) is 15.8. The first-order valence-electron chi connectivity index (χ1n) is 7.78. The standard InChI is InChI=1S/C18H27O3/c1-6-8-9-16(7-2)12-20-21-18(19)17-14(4)10-13(3)11-15(17)5/h10-12,16H,6-9H2,1-5H3. The highest BCUT2D eigenvalue weighted by Gasteiger charge is 2.16. The fourth-order valence-electron chi connectivity index (χ4n) is 2.53. The molecule has 0 amide bonds. The van der Waals surface area contributed by atoms with E-state index in [9.17, 15) is 4.79 Å². The Kier molecular flexibility index (Phi) is 7.44. The summed E-state index contributed by atoms with van der Waals surface area (Å²) in [6.07, 6.45) is 4.36. The first-order chi connectivity index (χ1) is 9.99. The molecule has 0 aromatic heterocycles. The number of hydrogen-bond acceptors (Lipinski definition) is 3. The van der Waals surface area contributed by atoms with Crippen molar-refractivity contribution in [1.29, 1.82) is 0 Å². The van der Waals surface area contributed by atoms with Gasteiger partial charge in [-0.1, -0.05) is 50.8 Å². The highest BCUT2D eigenvalue weighted by atomic mass is 17.2. The molecule has 0 fully saturated rings. The number of benzene rings is 1. The normalized spacial score (nSPS) is 12.2. The van der Waals surface area contributed by atoms with Crippen LogP contribution in [0.5, 0.6) is 0 Å². The smallest absolute Gasteiger partial charge is 0.292 e. The molecule has 1 aromatic carbocycles. The molecule has 3 nitrogen and oxygen atoms in total. The first-order valence-corrected chi connectivity index (χ1v) is 7.78. The summed E-state index contributed by atoms with van der Waals surface area (Å²) < 4.78 is 0. The molecule has 0 saturated carbocycles. The van der Waals surface area contributed by atoms with Crippen molar-refractivity contribution in [3.05, 3.63) is 41.0 Å². The van der Waals surface area contributed by atoms with Crippen LogP contribution in [0, 0.1) is 33.3 Å². The Labute approximate surface area is 128 Å². The van der Waals surface area contributed by atoms with E-state index in [1.807, 2.05) is 32.9 Å². The van der Waals surface area contributed by atoms with Gasteiger partial charge in [-0.2, -0.15) is 4.89 Å². The number of hydrogen-bond donors (Lipinski definition) is 0. The largest absolute Gasteiger partial charge is 0.373 e. The summed E-state index contributed by atoms with van der Waals surface area (Å²) >= 11 is 0. The third kappa shape index (κ3) is 5.50. The van der Waals surface area contributed by atoms with Crippen LogP contribution < -0.4 is 0 Å². The minimum atomic E-state index is -0.424. The Hall–Kier alpha value is -1.35. The minimum absolute atomic E-state index is 0.331. The molecular weight excluding hydrogens is 264 g/mol. The Balaban J connectivity index is 2.54. The molecule has 1 rings (SSSR count). The maximum Gasteiger partial charge on any atom is 0.373 e. The average Bonchev–Trinajstić information content (AvgIpc) is 2.41. The maximum atomic E-state index is 12.1. The van der Waals surface area contributed by atoms with Gasteiger partial charge in [0.2, 0.25) is 0 Å². The van der Waals surface area contributed by atoms with Gasteiger partial charge in [0.25, 0.3) is 0 Å². The molecule has 0 aliphatic rings. The summed E-state index contributed by atoms with van der Waals surface area (Å²) in [7, 11) is 0. The SMILES string of the molecule is CCCCC([CH]OOC(=O)c1c(C)cc(C)cc1C)CC. The lowest BCUT2D eigenvalue weighted by Gasteiger charge is -2.14. The van der Waals surface area contributed by atoms with Gasteiger partial charge in [0.05, 0.1) is 5.56 Å². The molecule has 0 spiro atoms. The van der Waals surface area contributed by atoms with Gasteiger partial charge in [-0.3, -0.25) is 4.89 Å². The molecule has 1 unspecified atom stereocenters. The van der Waals surface area contributed by atoms with Crippen molar-refractivity contribution in [2.24, 2.45) is 5.92 Å². The van der Waals surface area contributed by atoms with Crippen molar-refractivity contribution >= 4 is 5.97 Å². The second-order valence-corrected chi connectivity index (χ2v) is 5.69. The van der Waals surface area contributed by atoms with Crippen LogP contribution in [-0.2, 0) is 9.78 Å². The summed E-state index contributed by atoms with van der Waals surface area (Å²) in [5.41, 5.74) is 3.56. The Morgan fingerprint density at radius 3 is 2.33 bits per heavy atom. The molecule has 0 aliphatic heterocycles. The van der Waals surface area contributed by atoms with Gasteiger partial charge >= 0.3 is 5.97 Å². The maximum absolute atomic E-state index is 12.1. The van der Waals surface area contributed by atoms with Crippen LogP contribution in [0.1, 0.15) is 66.6 Å². The van der Waals surface area contributed by atoms with Gasteiger partial charge in [0.1, 0.15) is 6.61 Å². The zero-order valence-electron chi connectivity index (χ0n) is 13.9. The van der Waals surface area contributed by atoms with Gasteiger partial charge in [0.15, 0.2) is 0 Å². The van der Waals surface area contributed by atoms with Crippen LogP contribution in [0.15, 0.2) is 12.1 Å². The molecule has 0 N–H and O–H groups in total. The van der Waals surface area contributed by atoms with Crippen LogP contribution in [0.4, 0.5) is 0 Å². The van der Waals surface area contributed by atoms with Gasteiger partial charge in [-0.15, -0.1) is 0 Å². The molecule has 1 aromatic rings. The molecule has 3 heteroatoms. The third-order valence-corrected chi connectivity index (χ3v) is 3.71. The van der Waals surface area contributed by atoms with E-state index in [2.05, 4.69) is 13.8 Å². The number of carbonyl (C=O) groups excluding carboxylic acids is 1. The van der Waals surface area contributed by atoms with Crippen molar-refractivity contribution < 1.29 is 14.6 Å². The second kappa shape index (κ2) is 8.83. The topological polar surface area (TPSA) is 35.5 Å². The minimum Gasteiger partial charge on any atom is -0.292 e. The van der Waals surface area contributed by atoms with E-state index in [-0.39, 0.29) is 0 Å². The molecule has 0 aliphatic carbocycles. The summed E-state index contributed by atoms with van der Waals surface area (Å²) in [5.74, 6) is -0.0930. The van der Waals surface area contributed by atoms with Crippen LogP contribution >= 0.6 is 0 Å². The Morgan fingerprint density at radius 1 is 1.19 bits per heavy atom. The average molecular weight is 291 g/mol. The van der Waals surface area contributed by atoms with E-state index in [1.54, 1.807) is 6.61 Å². The molecule has 1 radical (unpaired) electrons. The highest BCUT2D eigenvalue weighted by Crippen LogP contribution is 2.19. The predicted octanol–water partition coefficient (Wildman–Crippen LogP) is 5.08. The lowest BCUT2D eigenvalue weighted by atomic mass is 10.0. The summed E-state index contributed by atoms with van der Waals surface area (Å²) in [4.78, 5) is 22.1. The number of rotatable bonds is 8. The summed E-state index contributed by atoms with van der Waals surface area (Å²) in [6, 6.07) is 3.95. The first kappa shape index (κ1) is 17.7. The van der Waals surface area contributed by atoms with Crippen LogP contribution in [-0.4, -0.2) is 5.97 Å². The van der Waals surface area contributed by atoms with E-state index in [1.165, 1.54) is 0 Å². The van der Waals surface area contributed by atoms with E-state index in [0.717, 1.165) is 42.4 Å². The van der Waals surface area contributed by atoms with Crippen LogP contribution in [0.3, 0.4) is 0 Å². The van der Waals surface area contributed by atoms with E-state index in [0.29, 0.717) is 11.5 Å². The zero-order valence-corrected chi connectivity index (χ0v) is 13.9. The van der Waals surface area contributed by atoms with Gasteiger partial charge in [-0.05, 0) is 44.2 Å². The fraction of sp³-hybridized carbons (Fsp3) is 0.556. The number of carbonyl (C=O) groups is 1.